The minimum absolute atomic E-state index is 0.849. The monoisotopic (exact) mass is 326 g/mol. The number of rotatable bonds is 9. The second-order valence-corrected chi connectivity index (χ2v) is 5.87. The van der Waals surface area contributed by atoms with Crippen LogP contribution in [0.25, 0.3) is 0 Å². The summed E-state index contributed by atoms with van der Waals surface area (Å²) in [6.07, 6.45) is 7.86. The Kier molecular flexibility index (Phi) is 8.20. The lowest BCUT2D eigenvalue weighted by Gasteiger charge is -2.13. The van der Waals surface area contributed by atoms with Crippen molar-refractivity contribution in [3.05, 3.63) is 28.8 Å². The minimum Gasteiger partial charge on any atom is -0.493 e. The van der Waals surface area contributed by atoms with Gasteiger partial charge in [-0.3, -0.25) is 0 Å². The predicted octanol–water partition coefficient (Wildman–Crippen LogP) is 5.94. The standard InChI is InChI=1S/C17H27BrO/c1-4-5-6-7-8-9-10-19-17-14(2)11-16(13-18)12-15(17)3/h11-12H,4-10,13H2,1-3H3. The molecule has 0 aliphatic rings. The molecule has 1 aromatic rings. The molecule has 0 N–H and O–H groups in total. The molecule has 0 bridgehead atoms. The second-order valence-electron chi connectivity index (χ2n) is 5.31. The average Bonchev–Trinajstić information content (AvgIpc) is 2.40. The highest BCUT2D eigenvalue weighted by molar-refractivity contribution is 9.08. The van der Waals surface area contributed by atoms with Crippen molar-refractivity contribution in [1.82, 2.24) is 0 Å². The Morgan fingerprint density at radius 3 is 2.11 bits per heavy atom. The summed E-state index contributed by atoms with van der Waals surface area (Å²) in [6.45, 7) is 7.37. The third-order valence-electron chi connectivity index (χ3n) is 3.42. The summed E-state index contributed by atoms with van der Waals surface area (Å²) in [5.74, 6) is 1.08. The Balaban J connectivity index is 2.33. The Bertz CT molecular complexity index is 351. The van der Waals surface area contributed by atoms with Crippen LogP contribution in [-0.4, -0.2) is 6.61 Å². The van der Waals surface area contributed by atoms with Crippen LogP contribution in [0.5, 0.6) is 5.75 Å². The van der Waals surface area contributed by atoms with Crippen LogP contribution >= 0.6 is 15.9 Å². The van der Waals surface area contributed by atoms with Crippen molar-refractivity contribution in [2.45, 2.75) is 64.6 Å². The molecule has 1 rings (SSSR count). The first-order valence-corrected chi connectivity index (χ1v) is 8.60. The smallest absolute Gasteiger partial charge is 0.125 e. The van der Waals surface area contributed by atoms with Crippen molar-refractivity contribution in [2.24, 2.45) is 0 Å². The molecular weight excluding hydrogens is 300 g/mol. The van der Waals surface area contributed by atoms with Gasteiger partial charge in [0.05, 0.1) is 6.61 Å². The van der Waals surface area contributed by atoms with E-state index in [9.17, 15) is 0 Å². The zero-order valence-corrected chi connectivity index (χ0v) is 14.2. The molecule has 1 aromatic carbocycles. The Hall–Kier alpha value is -0.500. The first kappa shape index (κ1) is 16.6. The maximum absolute atomic E-state index is 5.96. The van der Waals surface area contributed by atoms with Crippen LogP contribution in [0.2, 0.25) is 0 Å². The highest BCUT2D eigenvalue weighted by atomic mass is 79.9. The van der Waals surface area contributed by atoms with Gasteiger partial charge in [0.1, 0.15) is 5.75 Å². The summed E-state index contributed by atoms with van der Waals surface area (Å²) in [4.78, 5) is 0. The highest BCUT2D eigenvalue weighted by Crippen LogP contribution is 2.26. The van der Waals surface area contributed by atoms with Gasteiger partial charge < -0.3 is 4.74 Å². The molecule has 1 nitrogen and oxygen atoms in total. The first-order valence-electron chi connectivity index (χ1n) is 7.48. The molecule has 0 spiro atoms. The molecule has 0 atom stereocenters. The number of aryl methyl sites for hydroxylation is 2. The lowest BCUT2D eigenvalue weighted by molar-refractivity contribution is 0.300. The van der Waals surface area contributed by atoms with Gasteiger partial charge in [-0.2, -0.15) is 0 Å². The van der Waals surface area contributed by atoms with Crippen molar-refractivity contribution in [2.75, 3.05) is 6.61 Å². The summed E-state index contributed by atoms with van der Waals surface area (Å²) in [6, 6.07) is 4.41. The minimum atomic E-state index is 0.849. The fourth-order valence-corrected chi connectivity index (χ4v) is 2.73. The molecular formula is C17H27BrO. The van der Waals surface area contributed by atoms with Crippen molar-refractivity contribution < 1.29 is 4.74 Å². The van der Waals surface area contributed by atoms with Gasteiger partial charge in [0, 0.05) is 5.33 Å². The molecule has 108 valence electrons. The number of alkyl halides is 1. The van der Waals surface area contributed by atoms with Crippen molar-refractivity contribution >= 4 is 15.9 Å². The topological polar surface area (TPSA) is 9.23 Å². The third kappa shape index (κ3) is 5.99. The molecule has 0 saturated heterocycles. The van der Waals surface area contributed by atoms with E-state index in [2.05, 4.69) is 48.8 Å². The molecule has 2 heteroatoms. The number of benzene rings is 1. The molecule has 0 saturated carbocycles. The molecule has 19 heavy (non-hydrogen) atoms. The van der Waals surface area contributed by atoms with E-state index in [0.717, 1.165) is 17.7 Å². The van der Waals surface area contributed by atoms with E-state index < -0.39 is 0 Å². The summed E-state index contributed by atoms with van der Waals surface area (Å²) in [5.41, 5.74) is 3.82. The lowest BCUT2D eigenvalue weighted by atomic mass is 10.1. The van der Waals surface area contributed by atoms with Gasteiger partial charge in [-0.05, 0) is 37.0 Å². The maximum Gasteiger partial charge on any atom is 0.125 e. The fourth-order valence-electron chi connectivity index (χ4n) is 2.40. The summed E-state index contributed by atoms with van der Waals surface area (Å²) in [7, 11) is 0. The average molecular weight is 327 g/mol. The van der Waals surface area contributed by atoms with E-state index in [4.69, 9.17) is 4.74 Å². The highest BCUT2D eigenvalue weighted by Gasteiger charge is 2.05. The molecule has 0 aromatic heterocycles. The quantitative estimate of drug-likeness (QED) is 0.403. The van der Waals surface area contributed by atoms with E-state index in [-0.39, 0.29) is 0 Å². The predicted molar refractivity (Wildman–Crippen MR) is 87.4 cm³/mol. The van der Waals surface area contributed by atoms with Crippen molar-refractivity contribution in [1.29, 1.82) is 0 Å². The molecule has 0 aliphatic heterocycles. The van der Waals surface area contributed by atoms with Gasteiger partial charge in [0.2, 0.25) is 0 Å². The van der Waals surface area contributed by atoms with E-state index in [1.807, 2.05) is 0 Å². The Labute approximate surface area is 126 Å². The normalized spacial score (nSPS) is 10.7. The van der Waals surface area contributed by atoms with E-state index in [1.54, 1.807) is 0 Å². The molecule has 0 radical (unpaired) electrons. The number of halogens is 1. The zero-order valence-electron chi connectivity index (χ0n) is 12.6. The molecule has 0 unspecified atom stereocenters. The molecule has 0 aliphatic carbocycles. The number of hydrogen-bond donors (Lipinski definition) is 0. The summed E-state index contributed by atoms with van der Waals surface area (Å²) in [5, 5.41) is 0.909. The Morgan fingerprint density at radius 2 is 1.53 bits per heavy atom. The van der Waals surface area contributed by atoms with Gasteiger partial charge in [0.25, 0.3) is 0 Å². The van der Waals surface area contributed by atoms with Gasteiger partial charge >= 0.3 is 0 Å². The molecule has 0 fully saturated rings. The van der Waals surface area contributed by atoms with Crippen LogP contribution in [0.3, 0.4) is 0 Å². The van der Waals surface area contributed by atoms with Gasteiger partial charge in [-0.1, -0.05) is 67.1 Å². The fraction of sp³-hybridized carbons (Fsp3) is 0.647. The molecule has 0 heterocycles. The van der Waals surface area contributed by atoms with E-state index in [0.29, 0.717) is 0 Å². The number of ether oxygens (including phenoxy) is 1. The number of unbranched alkanes of at least 4 members (excludes halogenated alkanes) is 5. The molecule has 0 amide bonds. The number of hydrogen-bond acceptors (Lipinski definition) is 1. The van der Waals surface area contributed by atoms with Crippen LogP contribution in [0.1, 0.15) is 62.1 Å². The van der Waals surface area contributed by atoms with Gasteiger partial charge in [-0.25, -0.2) is 0 Å². The van der Waals surface area contributed by atoms with Crippen LogP contribution in [0, 0.1) is 13.8 Å². The maximum atomic E-state index is 5.96. The first-order chi connectivity index (χ1) is 9.19. The largest absolute Gasteiger partial charge is 0.493 e. The van der Waals surface area contributed by atoms with Crippen molar-refractivity contribution in [3.63, 3.8) is 0 Å². The van der Waals surface area contributed by atoms with Gasteiger partial charge in [0.15, 0.2) is 0 Å². The second kappa shape index (κ2) is 9.41. The lowest BCUT2D eigenvalue weighted by Crippen LogP contribution is -2.01. The van der Waals surface area contributed by atoms with Crippen LogP contribution in [0.4, 0.5) is 0 Å². The third-order valence-corrected chi connectivity index (χ3v) is 4.07. The zero-order chi connectivity index (χ0) is 14.1. The van der Waals surface area contributed by atoms with Crippen molar-refractivity contribution in [3.8, 4) is 5.75 Å². The van der Waals surface area contributed by atoms with Crippen LogP contribution in [-0.2, 0) is 5.33 Å². The Morgan fingerprint density at radius 1 is 0.947 bits per heavy atom. The van der Waals surface area contributed by atoms with Crippen LogP contribution < -0.4 is 4.74 Å². The van der Waals surface area contributed by atoms with E-state index in [1.165, 1.54) is 55.2 Å². The summed E-state index contributed by atoms with van der Waals surface area (Å²) < 4.78 is 5.96. The SMILES string of the molecule is CCCCCCCCOc1c(C)cc(CBr)cc1C. The van der Waals surface area contributed by atoms with Crippen LogP contribution in [0.15, 0.2) is 12.1 Å². The summed E-state index contributed by atoms with van der Waals surface area (Å²) >= 11 is 3.50. The van der Waals surface area contributed by atoms with Gasteiger partial charge in [-0.15, -0.1) is 0 Å². The van der Waals surface area contributed by atoms with E-state index >= 15 is 0 Å².